The Hall–Kier alpha value is 0.812. The van der Waals surface area contributed by atoms with Gasteiger partial charge in [-0.25, -0.2) is 0 Å². The molecule has 2 aliphatic rings. The molecule has 0 amide bonds. The molecule has 2 fully saturated rings. The van der Waals surface area contributed by atoms with E-state index in [0.29, 0.717) is 29.6 Å². The van der Waals surface area contributed by atoms with Gasteiger partial charge >= 0.3 is 0 Å². The molecule has 15 heavy (non-hydrogen) atoms. The summed E-state index contributed by atoms with van der Waals surface area (Å²) in [5.41, 5.74) is 0. The van der Waals surface area contributed by atoms with Gasteiger partial charge in [-0.2, -0.15) is 12.6 Å². The van der Waals surface area contributed by atoms with Crippen LogP contribution in [0.5, 0.6) is 0 Å². The average Bonchev–Trinajstić information content (AvgIpc) is 2.89. The van der Waals surface area contributed by atoms with Crippen LogP contribution >= 0.6 is 0 Å². The van der Waals surface area contributed by atoms with Crippen LogP contribution in [0.1, 0.15) is 26.7 Å². The molecule has 2 nitrogen and oxygen atoms in total. The average molecular weight is 419 g/mol. The molecule has 0 bridgehead atoms. The Morgan fingerprint density at radius 3 is 2.53 bits per heavy atom. The Bertz CT molecular complexity index is 260. The summed E-state index contributed by atoms with van der Waals surface area (Å²) in [6, 6.07) is 0.570. The van der Waals surface area contributed by atoms with E-state index in [0.717, 1.165) is 19.4 Å². The van der Waals surface area contributed by atoms with Crippen LogP contribution in [-0.2, 0) is 4.79 Å². The predicted molar refractivity (Wildman–Crippen MR) is 57.2 cm³/mol. The van der Waals surface area contributed by atoms with E-state index in [1.807, 2.05) is 0 Å². The summed E-state index contributed by atoms with van der Waals surface area (Å²) in [7, 11) is 0. The van der Waals surface area contributed by atoms with Crippen molar-refractivity contribution in [2.75, 3.05) is 6.54 Å². The topological polar surface area (TPSA) is 31.2 Å². The number of rotatable bonds is 3. The third-order valence-corrected chi connectivity index (χ3v) is 3.57. The molecule has 4 atom stereocenters. The minimum Gasteiger partial charge on any atom is -0.662 e. The van der Waals surface area contributed by atoms with Crippen molar-refractivity contribution in [3.05, 3.63) is 17.5 Å². The standard InChI is InChI=1S/C12H18NO.Ac/c1-3-4-9-5-10(8(2)14)6-11(9)12-7-13-12;/h3-4,9-12H,5-7H2,1-2H3;/q-1;/b4-3-;. The van der Waals surface area contributed by atoms with E-state index in [-0.39, 0.29) is 44.1 Å². The smallest absolute Gasteiger partial charge is 0.132 e. The van der Waals surface area contributed by atoms with Crippen LogP contribution in [0.3, 0.4) is 0 Å². The maximum absolute atomic E-state index is 11.3. The first-order valence-electron chi connectivity index (χ1n) is 5.52. The number of carbonyl (C=O) groups excluding carboxylic acids is 1. The maximum atomic E-state index is 11.3. The Kier molecular flexibility index (Phi) is 5.49. The summed E-state index contributed by atoms with van der Waals surface area (Å²) >= 11 is 0. The van der Waals surface area contributed by atoms with E-state index in [9.17, 15) is 4.79 Å². The molecule has 1 radical (unpaired) electrons. The minimum atomic E-state index is 0. The molecule has 0 aromatic carbocycles. The van der Waals surface area contributed by atoms with Crippen LogP contribution in [0.2, 0.25) is 0 Å². The zero-order valence-corrected chi connectivity index (χ0v) is 14.3. The van der Waals surface area contributed by atoms with Crippen LogP contribution < -0.4 is 0 Å². The van der Waals surface area contributed by atoms with Crippen molar-refractivity contribution in [1.29, 1.82) is 0 Å². The van der Waals surface area contributed by atoms with E-state index in [1.165, 1.54) is 0 Å². The van der Waals surface area contributed by atoms with Gasteiger partial charge in [-0.3, -0.25) is 4.79 Å². The molecule has 2 rings (SSSR count). The normalized spacial score (nSPS) is 39.1. The number of nitrogens with zero attached hydrogens (tertiary/aromatic N) is 1. The van der Waals surface area contributed by atoms with Crippen molar-refractivity contribution < 1.29 is 48.9 Å². The predicted octanol–water partition coefficient (Wildman–Crippen LogP) is 2.55. The van der Waals surface area contributed by atoms with Gasteiger partial charge in [0.15, 0.2) is 0 Å². The van der Waals surface area contributed by atoms with Crippen LogP contribution in [0.25, 0.3) is 5.32 Å². The fraction of sp³-hybridized carbons (Fsp3) is 0.750. The van der Waals surface area contributed by atoms with E-state index in [2.05, 4.69) is 24.4 Å². The number of hydrogen-bond donors (Lipinski definition) is 0. The number of ketones is 1. The summed E-state index contributed by atoms with van der Waals surface area (Å²) in [5, 5.41) is 4.37. The van der Waals surface area contributed by atoms with Crippen LogP contribution in [0.4, 0.5) is 0 Å². The Morgan fingerprint density at radius 2 is 2.07 bits per heavy atom. The van der Waals surface area contributed by atoms with E-state index >= 15 is 0 Å². The van der Waals surface area contributed by atoms with Gasteiger partial charge in [0.1, 0.15) is 5.78 Å². The first-order chi connectivity index (χ1) is 6.72. The molecule has 1 saturated heterocycles. The summed E-state index contributed by atoms with van der Waals surface area (Å²) < 4.78 is 0. The van der Waals surface area contributed by atoms with Crippen molar-refractivity contribution in [3.63, 3.8) is 0 Å². The van der Waals surface area contributed by atoms with Crippen molar-refractivity contribution in [1.82, 2.24) is 0 Å². The van der Waals surface area contributed by atoms with Crippen molar-refractivity contribution in [2.24, 2.45) is 17.8 Å². The maximum Gasteiger partial charge on any atom is 0.132 e. The third-order valence-electron chi connectivity index (χ3n) is 3.57. The third kappa shape index (κ3) is 3.38. The monoisotopic (exact) mass is 419 g/mol. The zero-order chi connectivity index (χ0) is 10.1. The molecule has 3 heteroatoms. The second-order valence-electron chi connectivity index (χ2n) is 4.56. The van der Waals surface area contributed by atoms with Gasteiger partial charge in [0.25, 0.3) is 0 Å². The van der Waals surface area contributed by atoms with Gasteiger partial charge in [0.05, 0.1) is 0 Å². The van der Waals surface area contributed by atoms with Crippen LogP contribution in [0, 0.1) is 61.8 Å². The Balaban J connectivity index is 0.00000112. The van der Waals surface area contributed by atoms with Gasteiger partial charge in [-0.1, -0.05) is 18.1 Å². The number of carbonyl (C=O) groups is 1. The molecule has 4 unspecified atom stereocenters. The quantitative estimate of drug-likeness (QED) is 0.511. The molecule has 0 N–H and O–H groups in total. The summed E-state index contributed by atoms with van der Waals surface area (Å²) in [6.07, 6.45) is 6.50. The van der Waals surface area contributed by atoms with Crippen LogP contribution in [0.15, 0.2) is 12.2 Å². The molecule has 0 aromatic rings. The Labute approximate surface area is 128 Å². The number of allylic oxidation sites excluding steroid dienone is 2. The van der Waals surface area contributed by atoms with Gasteiger partial charge in [0, 0.05) is 50.0 Å². The second kappa shape index (κ2) is 5.94. The molecular weight excluding hydrogens is 401 g/mol. The molecular formula is C12H18AcNO-. The van der Waals surface area contributed by atoms with E-state index < -0.39 is 0 Å². The van der Waals surface area contributed by atoms with Gasteiger partial charge < -0.3 is 5.32 Å². The van der Waals surface area contributed by atoms with Crippen LogP contribution in [-0.4, -0.2) is 18.4 Å². The van der Waals surface area contributed by atoms with Gasteiger partial charge in [-0.15, -0.1) is 0 Å². The molecule has 1 heterocycles. The van der Waals surface area contributed by atoms with E-state index in [1.54, 1.807) is 6.92 Å². The van der Waals surface area contributed by atoms with Crippen molar-refractivity contribution in [3.8, 4) is 0 Å². The SMILES string of the molecule is C/C=C\C1CC(C(C)=O)CC1C1C[N-]1.[Ac]. The van der Waals surface area contributed by atoms with Gasteiger partial charge in [-0.05, 0) is 32.6 Å². The largest absolute Gasteiger partial charge is 0.662 e. The first-order valence-corrected chi connectivity index (χ1v) is 5.52. The molecule has 1 aliphatic carbocycles. The summed E-state index contributed by atoms with van der Waals surface area (Å²) in [6.45, 7) is 4.81. The first kappa shape index (κ1) is 13.9. The zero-order valence-electron chi connectivity index (χ0n) is 9.52. The second-order valence-corrected chi connectivity index (χ2v) is 4.56. The Morgan fingerprint density at radius 1 is 1.40 bits per heavy atom. The summed E-state index contributed by atoms with van der Waals surface area (Å²) in [5.74, 6) is 1.92. The molecule has 1 aliphatic heterocycles. The molecule has 0 aromatic heterocycles. The van der Waals surface area contributed by atoms with Crippen molar-refractivity contribution >= 4 is 5.78 Å². The fourth-order valence-corrected chi connectivity index (χ4v) is 2.68. The fourth-order valence-electron chi connectivity index (χ4n) is 2.68. The van der Waals surface area contributed by atoms with Crippen molar-refractivity contribution in [2.45, 2.75) is 32.7 Å². The molecule has 0 spiro atoms. The van der Waals surface area contributed by atoms with E-state index in [4.69, 9.17) is 0 Å². The number of hydrogen-bond acceptors (Lipinski definition) is 1. The summed E-state index contributed by atoms with van der Waals surface area (Å²) in [4.78, 5) is 11.3. The molecule has 1 saturated carbocycles. The molecule has 81 valence electrons. The van der Waals surface area contributed by atoms with Gasteiger partial charge in [0.2, 0.25) is 0 Å². The number of Topliss-reactive ketones (excluding diaryl/α,β-unsaturated/α-hetero) is 1. The minimum absolute atomic E-state index is 0.